The predicted molar refractivity (Wildman–Crippen MR) is 88.5 cm³/mol. The molecule has 6 heteroatoms. The number of benzene rings is 1. The van der Waals surface area contributed by atoms with Crippen LogP contribution in [0.3, 0.4) is 0 Å². The maximum absolute atomic E-state index is 4.47. The lowest BCUT2D eigenvalue weighted by molar-refractivity contribution is 0.977. The number of fused-ring (bicyclic) bond motifs is 1. The quantitative estimate of drug-likeness (QED) is 0.559. The van der Waals surface area contributed by atoms with E-state index in [0.29, 0.717) is 0 Å². The standard InChI is InChI=1S/C14H14N4S2/c1-15-12-8-13(18-14(17-12)19-2)16-10-3-4-11-9(7-10)5-6-20-11/h3-8H,1-2H3,(H2,15,16,17,18). The molecule has 0 radical (unpaired) electrons. The molecule has 0 fully saturated rings. The molecule has 2 N–H and O–H groups in total. The summed E-state index contributed by atoms with van der Waals surface area (Å²) >= 11 is 3.27. The SMILES string of the molecule is CNc1cc(Nc2ccc3sccc3c2)nc(SC)n1. The first-order valence-electron chi connectivity index (χ1n) is 6.13. The van der Waals surface area contributed by atoms with Crippen molar-refractivity contribution in [1.29, 1.82) is 0 Å². The van der Waals surface area contributed by atoms with Gasteiger partial charge in [-0.2, -0.15) is 0 Å². The summed E-state index contributed by atoms with van der Waals surface area (Å²) in [5.74, 6) is 1.60. The minimum Gasteiger partial charge on any atom is -0.373 e. The van der Waals surface area contributed by atoms with E-state index in [1.54, 1.807) is 11.3 Å². The molecule has 0 amide bonds. The highest BCUT2D eigenvalue weighted by Gasteiger charge is 2.04. The summed E-state index contributed by atoms with van der Waals surface area (Å²) in [7, 11) is 1.85. The Balaban J connectivity index is 1.92. The topological polar surface area (TPSA) is 49.8 Å². The van der Waals surface area contributed by atoms with Gasteiger partial charge < -0.3 is 10.6 Å². The van der Waals surface area contributed by atoms with Gasteiger partial charge in [-0.3, -0.25) is 0 Å². The fourth-order valence-corrected chi connectivity index (χ4v) is 3.05. The van der Waals surface area contributed by atoms with Crippen LogP contribution in [-0.4, -0.2) is 23.3 Å². The second-order valence-electron chi connectivity index (χ2n) is 4.17. The molecular weight excluding hydrogens is 288 g/mol. The van der Waals surface area contributed by atoms with Gasteiger partial charge in [0, 0.05) is 23.5 Å². The van der Waals surface area contributed by atoms with Gasteiger partial charge in [0.1, 0.15) is 11.6 Å². The average molecular weight is 302 g/mol. The van der Waals surface area contributed by atoms with Crippen LogP contribution >= 0.6 is 23.1 Å². The zero-order valence-corrected chi connectivity index (χ0v) is 12.8. The Morgan fingerprint density at radius 3 is 2.75 bits per heavy atom. The number of hydrogen-bond acceptors (Lipinski definition) is 6. The van der Waals surface area contributed by atoms with E-state index in [1.165, 1.54) is 21.8 Å². The number of anilines is 3. The van der Waals surface area contributed by atoms with Gasteiger partial charge in [-0.1, -0.05) is 11.8 Å². The summed E-state index contributed by atoms with van der Waals surface area (Å²) in [6.07, 6.45) is 1.97. The van der Waals surface area contributed by atoms with Gasteiger partial charge in [0.15, 0.2) is 5.16 Å². The van der Waals surface area contributed by atoms with Gasteiger partial charge >= 0.3 is 0 Å². The number of hydrogen-bond donors (Lipinski definition) is 2. The van der Waals surface area contributed by atoms with Crippen LogP contribution in [0.4, 0.5) is 17.3 Å². The molecule has 0 unspecified atom stereocenters. The van der Waals surface area contributed by atoms with Crippen LogP contribution in [0.15, 0.2) is 40.9 Å². The third-order valence-electron chi connectivity index (χ3n) is 2.87. The zero-order chi connectivity index (χ0) is 13.9. The molecule has 0 aliphatic rings. The van der Waals surface area contributed by atoms with Crippen molar-refractivity contribution < 1.29 is 0 Å². The van der Waals surface area contributed by atoms with Crippen LogP contribution < -0.4 is 10.6 Å². The van der Waals surface area contributed by atoms with E-state index in [2.05, 4.69) is 50.2 Å². The molecule has 20 heavy (non-hydrogen) atoms. The van der Waals surface area contributed by atoms with E-state index in [-0.39, 0.29) is 0 Å². The third-order valence-corrected chi connectivity index (χ3v) is 4.31. The minimum absolute atomic E-state index is 0.746. The van der Waals surface area contributed by atoms with E-state index in [9.17, 15) is 0 Å². The predicted octanol–water partition coefficient (Wildman–Crippen LogP) is 4.20. The number of aromatic nitrogens is 2. The fourth-order valence-electron chi connectivity index (χ4n) is 1.90. The first-order chi connectivity index (χ1) is 9.78. The molecule has 0 bridgehead atoms. The summed E-state index contributed by atoms with van der Waals surface area (Å²) in [6.45, 7) is 0. The molecule has 4 nitrogen and oxygen atoms in total. The number of nitrogens with zero attached hydrogens (tertiary/aromatic N) is 2. The molecule has 0 saturated carbocycles. The Hall–Kier alpha value is -1.79. The van der Waals surface area contributed by atoms with Gasteiger partial charge in [0.2, 0.25) is 0 Å². The van der Waals surface area contributed by atoms with Gasteiger partial charge in [0.25, 0.3) is 0 Å². The average Bonchev–Trinajstić information content (AvgIpc) is 2.94. The first kappa shape index (κ1) is 13.2. The van der Waals surface area contributed by atoms with E-state index in [0.717, 1.165) is 22.5 Å². The molecule has 0 saturated heterocycles. The fraction of sp³-hybridized carbons (Fsp3) is 0.143. The van der Waals surface area contributed by atoms with Crippen LogP contribution in [0.1, 0.15) is 0 Å². The summed E-state index contributed by atoms with van der Waals surface area (Å²) in [5.41, 5.74) is 1.03. The molecule has 3 aromatic rings. The van der Waals surface area contributed by atoms with Crippen LogP contribution in [0.25, 0.3) is 10.1 Å². The second-order valence-corrected chi connectivity index (χ2v) is 5.89. The van der Waals surface area contributed by atoms with Crippen molar-refractivity contribution in [2.24, 2.45) is 0 Å². The van der Waals surface area contributed by atoms with Crippen LogP contribution in [0.5, 0.6) is 0 Å². The van der Waals surface area contributed by atoms with E-state index >= 15 is 0 Å². The number of thiophene rings is 1. The molecule has 2 aromatic heterocycles. The first-order valence-corrected chi connectivity index (χ1v) is 8.24. The van der Waals surface area contributed by atoms with Crippen LogP contribution in [0, 0.1) is 0 Å². The lowest BCUT2D eigenvalue weighted by Gasteiger charge is -2.09. The van der Waals surface area contributed by atoms with Crippen molar-refractivity contribution in [3.05, 3.63) is 35.7 Å². The smallest absolute Gasteiger partial charge is 0.191 e. The molecule has 102 valence electrons. The van der Waals surface area contributed by atoms with Crippen molar-refractivity contribution in [3.63, 3.8) is 0 Å². The molecule has 1 aromatic carbocycles. The summed E-state index contributed by atoms with van der Waals surface area (Å²) in [6, 6.07) is 10.3. The summed E-state index contributed by atoms with van der Waals surface area (Å²) in [4.78, 5) is 8.82. The van der Waals surface area contributed by atoms with E-state index in [1.807, 2.05) is 19.4 Å². The van der Waals surface area contributed by atoms with Crippen molar-refractivity contribution in [2.45, 2.75) is 5.16 Å². The van der Waals surface area contributed by atoms with E-state index < -0.39 is 0 Å². The molecule has 2 heterocycles. The molecule has 3 rings (SSSR count). The molecule has 0 atom stereocenters. The third kappa shape index (κ3) is 2.71. The van der Waals surface area contributed by atoms with Crippen molar-refractivity contribution >= 4 is 50.5 Å². The second kappa shape index (κ2) is 5.68. The number of rotatable bonds is 4. The summed E-state index contributed by atoms with van der Waals surface area (Å²) < 4.78 is 1.29. The van der Waals surface area contributed by atoms with Crippen molar-refractivity contribution in [1.82, 2.24) is 9.97 Å². The Bertz CT molecular complexity index is 717. The molecule has 0 aliphatic heterocycles. The van der Waals surface area contributed by atoms with Gasteiger partial charge in [-0.25, -0.2) is 9.97 Å². The van der Waals surface area contributed by atoms with Gasteiger partial charge in [-0.05, 0) is 41.3 Å². The van der Waals surface area contributed by atoms with Crippen LogP contribution in [0.2, 0.25) is 0 Å². The highest BCUT2D eigenvalue weighted by atomic mass is 32.2. The monoisotopic (exact) mass is 302 g/mol. The Kier molecular flexibility index (Phi) is 3.75. The Morgan fingerprint density at radius 1 is 1.10 bits per heavy atom. The maximum atomic E-state index is 4.47. The van der Waals surface area contributed by atoms with Gasteiger partial charge in [0.05, 0.1) is 0 Å². The normalized spacial score (nSPS) is 10.7. The Labute approximate surface area is 125 Å². The van der Waals surface area contributed by atoms with Crippen LogP contribution in [-0.2, 0) is 0 Å². The highest BCUT2D eigenvalue weighted by molar-refractivity contribution is 7.98. The van der Waals surface area contributed by atoms with Gasteiger partial charge in [-0.15, -0.1) is 11.3 Å². The molecular formula is C14H14N4S2. The molecule has 0 aliphatic carbocycles. The Morgan fingerprint density at radius 2 is 1.95 bits per heavy atom. The lowest BCUT2D eigenvalue weighted by Crippen LogP contribution is -2.00. The number of nitrogens with one attached hydrogen (secondary N) is 2. The van der Waals surface area contributed by atoms with Crippen molar-refractivity contribution in [3.8, 4) is 0 Å². The highest BCUT2D eigenvalue weighted by Crippen LogP contribution is 2.26. The largest absolute Gasteiger partial charge is 0.373 e. The maximum Gasteiger partial charge on any atom is 0.191 e. The number of thioether (sulfide) groups is 1. The molecule has 0 spiro atoms. The minimum atomic E-state index is 0.746. The lowest BCUT2D eigenvalue weighted by atomic mass is 10.2. The zero-order valence-electron chi connectivity index (χ0n) is 11.2. The van der Waals surface area contributed by atoms with Crippen molar-refractivity contribution in [2.75, 3.05) is 23.9 Å². The van der Waals surface area contributed by atoms with E-state index in [4.69, 9.17) is 0 Å². The summed E-state index contributed by atoms with van der Waals surface area (Å²) in [5, 5.41) is 10.5.